The topological polar surface area (TPSA) is 42.7 Å². The Balaban J connectivity index is 2.15. The Labute approximate surface area is 114 Å². The molecule has 1 atom stereocenters. The standard InChI is InChI=1S/C15H22N4/c1-4-8-16-15(10-14-11-19(3)18-17-14)13-7-5-6-12(2)9-13/h5-7,9,11,15-16H,4,8,10H2,1-3H3. The third-order valence-corrected chi connectivity index (χ3v) is 3.15. The van der Waals surface area contributed by atoms with E-state index in [2.05, 4.69) is 53.7 Å². The summed E-state index contributed by atoms with van der Waals surface area (Å²) in [6.07, 6.45) is 3.98. The first-order chi connectivity index (χ1) is 9.19. The van der Waals surface area contributed by atoms with Crippen LogP contribution in [0.2, 0.25) is 0 Å². The Morgan fingerprint density at radius 1 is 1.37 bits per heavy atom. The number of nitrogens with one attached hydrogen (secondary N) is 1. The SMILES string of the molecule is CCCNC(Cc1cn(C)nn1)c1cccc(C)c1. The number of hydrogen-bond donors (Lipinski definition) is 1. The lowest BCUT2D eigenvalue weighted by Crippen LogP contribution is -2.24. The molecule has 0 saturated heterocycles. The molecule has 4 nitrogen and oxygen atoms in total. The summed E-state index contributed by atoms with van der Waals surface area (Å²) in [5.41, 5.74) is 3.64. The Bertz CT molecular complexity index is 518. The first-order valence-electron chi connectivity index (χ1n) is 6.84. The van der Waals surface area contributed by atoms with E-state index in [1.54, 1.807) is 4.68 Å². The lowest BCUT2D eigenvalue weighted by molar-refractivity contribution is 0.524. The first kappa shape index (κ1) is 13.7. The zero-order chi connectivity index (χ0) is 13.7. The molecule has 0 saturated carbocycles. The van der Waals surface area contributed by atoms with Crippen LogP contribution in [0.25, 0.3) is 0 Å². The minimum absolute atomic E-state index is 0.302. The van der Waals surface area contributed by atoms with Crippen LogP contribution >= 0.6 is 0 Å². The summed E-state index contributed by atoms with van der Waals surface area (Å²) in [6, 6.07) is 8.96. The second-order valence-electron chi connectivity index (χ2n) is 5.01. The normalized spacial score (nSPS) is 12.6. The molecule has 102 valence electrons. The molecular formula is C15H22N4. The van der Waals surface area contributed by atoms with E-state index in [1.165, 1.54) is 11.1 Å². The molecule has 2 aromatic rings. The van der Waals surface area contributed by atoms with Crippen molar-refractivity contribution in [2.75, 3.05) is 6.54 Å². The number of aromatic nitrogens is 3. The summed E-state index contributed by atoms with van der Waals surface area (Å²) in [4.78, 5) is 0. The number of aryl methyl sites for hydroxylation is 2. The molecule has 0 aliphatic heterocycles. The third-order valence-electron chi connectivity index (χ3n) is 3.15. The van der Waals surface area contributed by atoms with Crippen LogP contribution in [0.3, 0.4) is 0 Å². The van der Waals surface area contributed by atoms with Crippen LogP contribution in [0.5, 0.6) is 0 Å². The maximum atomic E-state index is 4.18. The molecule has 0 aliphatic carbocycles. The van der Waals surface area contributed by atoms with Crippen molar-refractivity contribution < 1.29 is 0 Å². The Morgan fingerprint density at radius 3 is 2.84 bits per heavy atom. The largest absolute Gasteiger partial charge is 0.310 e. The van der Waals surface area contributed by atoms with Crippen molar-refractivity contribution in [3.63, 3.8) is 0 Å². The Hall–Kier alpha value is -1.68. The highest BCUT2D eigenvalue weighted by Gasteiger charge is 2.13. The van der Waals surface area contributed by atoms with Crippen molar-refractivity contribution in [3.05, 3.63) is 47.3 Å². The van der Waals surface area contributed by atoms with Gasteiger partial charge in [0.05, 0.1) is 5.69 Å². The van der Waals surface area contributed by atoms with Crippen molar-refractivity contribution in [2.24, 2.45) is 7.05 Å². The number of nitrogens with zero attached hydrogens (tertiary/aromatic N) is 3. The van der Waals surface area contributed by atoms with E-state index >= 15 is 0 Å². The number of hydrogen-bond acceptors (Lipinski definition) is 3. The van der Waals surface area contributed by atoms with Gasteiger partial charge in [-0.2, -0.15) is 0 Å². The van der Waals surface area contributed by atoms with Gasteiger partial charge in [-0.15, -0.1) is 5.10 Å². The van der Waals surface area contributed by atoms with Crippen LogP contribution in [0.1, 0.15) is 36.2 Å². The maximum absolute atomic E-state index is 4.18. The van der Waals surface area contributed by atoms with Gasteiger partial charge in [-0.25, -0.2) is 0 Å². The number of rotatable bonds is 6. The van der Waals surface area contributed by atoms with E-state index in [9.17, 15) is 0 Å². The van der Waals surface area contributed by atoms with Crippen LogP contribution in [0.4, 0.5) is 0 Å². The summed E-state index contributed by atoms with van der Waals surface area (Å²) in [6.45, 7) is 5.32. The molecule has 4 heteroatoms. The molecule has 1 N–H and O–H groups in total. The lowest BCUT2D eigenvalue weighted by atomic mass is 10.0. The zero-order valence-corrected chi connectivity index (χ0v) is 11.9. The molecule has 1 unspecified atom stereocenters. The molecule has 1 heterocycles. The van der Waals surface area contributed by atoms with Gasteiger partial charge >= 0.3 is 0 Å². The molecule has 1 aromatic carbocycles. The molecule has 0 spiro atoms. The smallest absolute Gasteiger partial charge is 0.0845 e. The van der Waals surface area contributed by atoms with Crippen molar-refractivity contribution in [2.45, 2.75) is 32.7 Å². The van der Waals surface area contributed by atoms with Gasteiger partial charge in [0.1, 0.15) is 0 Å². The van der Waals surface area contributed by atoms with E-state index in [4.69, 9.17) is 0 Å². The molecule has 0 bridgehead atoms. The van der Waals surface area contributed by atoms with Crippen LogP contribution < -0.4 is 5.32 Å². The van der Waals surface area contributed by atoms with Gasteiger partial charge in [-0.05, 0) is 25.5 Å². The van der Waals surface area contributed by atoms with Gasteiger partial charge < -0.3 is 5.32 Å². The molecule has 19 heavy (non-hydrogen) atoms. The first-order valence-corrected chi connectivity index (χ1v) is 6.84. The minimum atomic E-state index is 0.302. The van der Waals surface area contributed by atoms with E-state index in [0.29, 0.717) is 6.04 Å². The van der Waals surface area contributed by atoms with Crippen LogP contribution in [-0.2, 0) is 13.5 Å². The van der Waals surface area contributed by atoms with E-state index in [-0.39, 0.29) is 0 Å². The summed E-state index contributed by atoms with van der Waals surface area (Å²) in [5, 5.41) is 11.8. The second kappa shape index (κ2) is 6.48. The highest BCUT2D eigenvalue weighted by Crippen LogP contribution is 2.18. The summed E-state index contributed by atoms with van der Waals surface area (Å²) in [5.74, 6) is 0. The molecule has 0 aliphatic rings. The highest BCUT2D eigenvalue weighted by atomic mass is 15.4. The summed E-state index contributed by atoms with van der Waals surface area (Å²) < 4.78 is 1.75. The summed E-state index contributed by atoms with van der Waals surface area (Å²) >= 11 is 0. The average Bonchev–Trinajstić information content (AvgIpc) is 2.80. The molecule has 0 amide bonds. The van der Waals surface area contributed by atoms with Gasteiger partial charge in [0.25, 0.3) is 0 Å². The monoisotopic (exact) mass is 258 g/mol. The lowest BCUT2D eigenvalue weighted by Gasteiger charge is -2.18. The van der Waals surface area contributed by atoms with Gasteiger partial charge in [0.15, 0.2) is 0 Å². The van der Waals surface area contributed by atoms with Gasteiger partial charge in [0.2, 0.25) is 0 Å². The quantitative estimate of drug-likeness (QED) is 0.865. The van der Waals surface area contributed by atoms with E-state index < -0.39 is 0 Å². The molecule has 2 rings (SSSR count). The van der Waals surface area contributed by atoms with Crippen molar-refractivity contribution in [3.8, 4) is 0 Å². The maximum Gasteiger partial charge on any atom is 0.0845 e. The van der Waals surface area contributed by atoms with E-state index in [1.807, 2.05) is 13.2 Å². The van der Waals surface area contributed by atoms with Crippen LogP contribution in [0, 0.1) is 6.92 Å². The van der Waals surface area contributed by atoms with Crippen molar-refractivity contribution in [1.29, 1.82) is 0 Å². The Kier molecular flexibility index (Phi) is 4.68. The molecule has 1 aromatic heterocycles. The fraction of sp³-hybridized carbons (Fsp3) is 0.467. The predicted octanol–water partition coefficient (Wildman–Crippen LogP) is 2.41. The van der Waals surface area contributed by atoms with Crippen molar-refractivity contribution in [1.82, 2.24) is 20.3 Å². The summed E-state index contributed by atoms with van der Waals surface area (Å²) in [7, 11) is 1.90. The van der Waals surface area contributed by atoms with Gasteiger partial charge in [-0.1, -0.05) is 42.0 Å². The van der Waals surface area contributed by atoms with Crippen LogP contribution in [-0.4, -0.2) is 21.5 Å². The van der Waals surface area contributed by atoms with Gasteiger partial charge in [0, 0.05) is 25.7 Å². The fourth-order valence-electron chi connectivity index (χ4n) is 2.21. The van der Waals surface area contributed by atoms with Crippen molar-refractivity contribution >= 4 is 0 Å². The number of benzene rings is 1. The molecule has 0 radical (unpaired) electrons. The second-order valence-corrected chi connectivity index (χ2v) is 5.01. The Morgan fingerprint density at radius 2 is 2.21 bits per heavy atom. The highest BCUT2D eigenvalue weighted by molar-refractivity contribution is 5.26. The fourth-order valence-corrected chi connectivity index (χ4v) is 2.21. The third kappa shape index (κ3) is 3.89. The zero-order valence-electron chi connectivity index (χ0n) is 11.9. The molecular weight excluding hydrogens is 236 g/mol. The average molecular weight is 258 g/mol. The molecule has 0 fully saturated rings. The van der Waals surface area contributed by atoms with E-state index in [0.717, 1.165) is 25.1 Å². The van der Waals surface area contributed by atoms with Crippen LogP contribution in [0.15, 0.2) is 30.5 Å². The predicted molar refractivity (Wildman–Crippen MR) is 76.9 cm³/mol. The minimum Gasteiger partial charge on any atom is -0.310 e. The van der Waals surface area contributed by atoms with Gasteiger partial charge in [-0.3, -0.25) is 4.68 Å².